The van der Waals surface area contributed by atoms with Gasteiger partial charge in [0.2, 0.25) is 0 Å². The van der Waals surface area contributed by atoms with Crippen molar-refractivity contribution in [2.24, 2.45) is 11.8 Å². The van der Waals surface area contributed by atoms with Crippen LogP contribution in [0, 0.1) is 11.8 Å². The van der Waals surface area contributed by atoms with Gasteiger partial charge in [0.1, 0.15) is 5.92 Å². The molecule has 0 radical (unpaired) electrons. The molecule has 0 aliphatic carbocycles. The Morgan fingerprint density at radius 2 is 1.69 bits per heavy atom. The summed E-state index contributed by atoms with van der Waals surface area (Å²) in [7, 11) is 3.07. The third-order valence-corrected chi connectivity index (χ3v) is 2.44. The molecule has 0 saturated carbocycles. The Balaban J connectivity index is 4.41. The molecule has 0 saturated heterocycles. The van der Waals surface area contributed by atoms with Gasteiger partial charge in [-0.3, -0.25) is 4.79 Å². The zero-order chi connectivity index (χ0) is 12.6. The molecule has 0 bridgehead atoms. The van der Waals surface area contributed by atoms with Crippen LogP contribution < -0.4 is 0 Å². The second-order valence-electron chi connectivity index (χ2n) is 4.17. The van der Waals surface area contributed by atoms with E-state index in [0.717, 1.165) is 12.8 Å². The summed E-state index contributed by atoms with van der Waals surface area (Å²) >= 11 is 0. The second-order valence-corrected chi connectivity index (χ2v) is 4.17. The van der Waals surface area contributed by atoms with Gasteiger partial charge in [-0.2, -0.15) is 0 Å². The maximum absolute atomic E-state index is 11.7. The van der Waals surface area contributed by atoms with Crippen molar-refractivity contribution in [2.45, 2.75) is 39.9 Å². The molecule has 0 aliphatic heterocycles. The van der Waals surface area contributed by atoms with Gasteiger partial charge in [-0.05, 0) is 25.7 Å². The first-order valence-electron chi connectivity index (χ1n) is 5.79. The van der Waals surface area contributed by atoms with Crippen LogP contribution in [0.1, 0.15) is 33.6 Å². The maximum atomic E-state index is 11.7. The molecule has 0 aromatic rings. The van der Waals surface area contributed by atoms with E-state index >= 15 is 0 Å². The quantitative estimate of drug-likeness (QED) is 0.475. The minimum atomic E-state index is -0.516. The van der Waals surface area contributed by atoms with Gasteiger partial charge in [0.05, 0.1) is 6.61 Å². The first-order chi connectivity index (χ1) is 7.56. The van der Waals surface area contributed by atoms with Crippen LogP contribution in [0.3, 0.4) is 0 Å². The molecule has 16 heavy (non-hydrogen) atoms. The lowest BCUT2D eigenvalue weighted by Crippen LogP contribution is -2.33. The number of hydrogen-bond acceptors (Lipinski definition) is 4. The topological polar surface area (TPSA) is 44.8 Å². The Hall–Kier alpha value is -0.610. The number of ether oxygens (including phenoxy) is 3. The van der Waals surface area contributed by atoms with Crippen molar-refractivity contribution in [3.8, 4) is 0 Å². The van der Waals surface area contributed by atoms with E-state index in [1.165, 1.54) is 14.2 Å². The van der Waals surface area contributed by atoms with Gasteiger partial charge in [-0.15, -0.1) is 0 Å². The highest BCUT2D eigenvalue weighted by atomic mass is 16.7. The highest BCUT2D eigenvalue weighted by Gasteiger charge is 2.29. The molecule has 4 nitrogen and oxygen atoms in total. The monoisotopic (exact) mass is 232 g/mol. The molecule has 0 fully saturated rings. The minimum Gasteiger partial charge on any atom is -0.466 e. The van der Waals surface area contributed by atoms with Crippen LogP contribution in [0.25, 0.3) is 0 Å². The Morgan fingerprint density at radius 3 is 2.06 bits per heavy atom. The molecule has 96 valence electrons. The van der Waals surface area contributed by atoms with Gasteiger partial charge in [0.15, 0.2) is 6.29 Å². The molecule has 4 heteroatoms. The summed E-state index contributed by atoms with van der Waals surface area (Å²) in [6.45, 7) is 6.43. The van der Waals surface area contributed by atoms with Crippen molar-refractivity contribution in [1.82, 2.24) is 0 Å². The lowest BCUT2D eigenvalue weighted by atomic mass is 9.97. The fourth-order valence-corrected chi connectivity index (χ4v) is 1.55. The average molecular weight is 232 g/mol. The molecular weight excluding hydrogens is 208 g/mol. The van der Waals surface area contributed by atoms with Crippen LogP contribution in [0.4, 0.5) is 0 Å². The number of carbonyl (C=O) groups excluding carboxylic acids is 1. The summed E-state index contributed by atoms with van der Waals surface area (Å²) in [5.41, 5.74) is 0. The zero-order valence-corrected chi connectivity index (χ0v) is 11.0. The van der Waals surface area contributed by atoms with Gasteiger partial charge in [-0.1, -0.05) is 13.8 Å². The van der Waals surface area contributed by atoms with E-state index in [-0.39, 0.29) is 11.9 Å². The number of esters is 1. The van der Waals surface area contributed by atoms with E-state index in [4.69, 9.17) is 14.2 Å². The third-order valence-electron chi connectivity index (χ3n) is 2.44. The molecule has 0 spiro atoms. The molecule has 0 rings (SSSR count). The lowest BCUT2D eigenvalue weighted by molar-refractivity contribution is -0.177. The number of carbonyl (C=O) groups is 1. The summed E-state index contributed by atoms with van der Waals surface area (Å²) in [5.74, 6) is -0.0273. The van der Waals surface area contributed by atoms with Gasteiger partial charge < -0.3 is 14.2 Å². The zero-order valence-electron chi connectivity index (χ0n) is 11.0. The van der Waals surface area contributed by atoms with Crippen LogP contribution >= 0.6 is 0 Å². The first kappa shape index (κ1) is 15.4. The SMILES string of the molecule is CCOC(=O)C(CCC(C)C)C(OC)OC. The molecular formula is C12H24O4. The van der Waals surface area contributed by atoms with Crippen LogP contribution in [0.5, 0.6) is 0 Å². The van der Waals surface area contributed by atoms with Gasteiger partial charge >= 0.3 is 5.97 Å². The van der Waals surface area contributed by atoms with Gasteiger partial charge in [0.25, 0.3) is 0 Å². The molecule has 0 N–H and O–H groups in total. The number of hydrogen-bond donors (Lipinski definition) is 0. The molecule has 1 unspecified atom stereocenters. The van der Waals surface area contributed by atoms with Crippen molar-refractivity contribution >= 4 is 5.97 Å². The van der Waals surface area contributed by atoms with Gasteiger partial charge in [0, 0.05) is 14.2 Å². The standard InChI is InChI=1S/C12H24O4/c1-6-16-11(13)10(8-7-9(2)3)12(14-4)15-5/h9-10,12H,6-8H2,1-5H3. The van der Waals surface area contributed by atoms with E-state index < -0.39 is 6.29 Å². The third kappa shape index (κ3) is 5.47. The highest BCUT2D eigenvalue weighted by Crippen LogP contribution is 2.19. The second kappa shape index (κ2) is 8.53. The van der Waals surface area contributed by atoms with E-state index in [2.05, 4.69) is 13.8 Å². The van der Waals surface area contributed by atoms with Crippen molar-refractivity contribution in [2.75, 3.05) is 20.8 Å². The summed E-state index contributed by atoms with van der Waals surface area (Å²) in [4.78, 5) is 11.7. The van der Waals surface area contributed by atoms with E-state index in [0.29, 0.717) is 12.5 Å². The number of rotatable bonds is 8. The lowest BCUT2D eigenvalue weighted by Gasteiger charge is -2.23. The molecule has 0 amide bonds. The molecule has 0 heterocycles. The van der Waals surface area contributed by atoms with Crippen molar-refractivity contribution in [3.05, 3.63) is 0 Å². The van der Waals surface area contributed by atoms with Crippen LogP contribution in [0.15, 0.2) is 0 Å². The van der Waals surface area contributed by atoms with E-state index in [1.54, 1.807) is 6.92 Å². The summed E-state index contributed by atoms with van der Waals surface area (Å²) in [5, 5.41) is 0. The van der Waals surface area contributed by atoms with E-state index in [9.17, 15) is 4.79 Å². The highest BCUT2D eigenvalue weighted by molar-refractivity contribution is 5.72. The predicted molar refractivity (Wildman–Crippen MR) is 62.0 cm³/mol. The number of methoxy groups -OCH3 is 2. The van der Waals surface area contributed by atoms with E-state index in [1.807, 2.05) is 0 Å². The van der Waals surface area contributed by atoms with Crippen LogP contribution in [0.2, 0.25) is 0 Å². The predicted octanol–water partition coefficient (Wildman–Crippen LogP) is 2.22. The molecule has 0 aliphatic rings. The van der Waals surface area contributed by atoms with Gasteiger partial charge in [-0.25, -0.2) is 0 Å². The average Bonchev–Trinajstić information content (AvgIpc) is 2.24. The summed E-state index contributed by atoms with van der Waals surface area (Å²) in [6, 6.07) is 0. The Bertz CT molecular complexity index is 187. The summed E-state index contributed by atoms with van der Waals surface area (Å²) < 4.78 is 15.3. The van der Waals surface area contributed by atoms with Crippen LogP contribution in [-0.2, 0) is 19.0 Å². The Morgan fingerprint density at radius 1 is 1.12 bits per heavy atom. The smallest absolute Gasteiger partial charge is 0.314 e. The fraction of sp³-hybridized carbons (Fsp3) is 0.917. The molecule has 0 aromatic carbocycles. The normalized spacial score (nSPS) is 13.2. The summed E-state index contributed by atoms with van der Waals surface area (Å²) in [6.07, 6.45) is 1.16. The fourth-order valence-electron chi connectivity index (χ4n) is 1.55. The Kier molecular flexibility index (Phi) is 8.21. The maximum Gasteiger partial charge on any atom is 0.314 e. The van der Waals surface area contributed by atoms with Crippen LogP contribution in [-0.4, -0.2) is 33.1 Å². The van der Waals surface area contributed by atoms with Crippen molar-refractivity contribution in [1.29, 1.82) is 0 Å². The largest absolute Gasteiger partial charge is 0.466 e. The Labute approximate surface area is 98.3 Å². The molecule has 0 aromatic heterocycles. The van der Waals surface area contributed by atoms with Crippen molar-refractivity contribution < 1.29 is 19.0 Å². The minimum absolute atomic E-state index is 0.239. The van der Waals surface area contributed by atoms with Crippen molar-refractivity contribution in [3.63, 3.8) is 0 Å². The molecule has 1 atom stereocenters. The first-order valence-corrected chi connectivity index (χ1v) is 5.79.